The average molecular weight is 429 g/mol. The van der Waals surface area contributed by atoms with Gasteiger partial charge in [-0.2, -0.15) is 0 Å². The minimum atomic E-state index is -1.07. The quantitative estimate of drug-likeness (QED) is 0.563. The number of thioether (sulfide) groups is 1. The van der Waals surface area contributed by atoms with Crippen LogP contribution >= 0.6 is 11.8 Å². The zero-order chi connectivity index (χ0) is 21.5. The number of benzene rings is 2. The Balaban J connectivity index is 1.65. The van der Waals surface area contributed by atoms with Crippen molar-refractivity contribution in [1.29, 1.82) is 0 Å². The summed E-state index contributed by atoms with van der Waals surface area (Å²) in [5.41, 5.74) is 1.60. The standard InChI is InChI=1S/C22H24N2O5S/c25-19(26)13-24-20(27)18(14-30-21(24)16-9-5-2-6-10-16)23-12-11-17(22(28)29)15-7-3-1-4-8-15/h1-10,17-18,21,23H,11-14H2,(H,25,26)(H,28,29)/t17?,18-,21?/m0/s1. The van der Waals surface area contributed by atoms with E-state index >= 15 is 0 Å². The number of carboxylic acids is 2. The molecule has 158 valence electrons. The van der Waals surface area contributed by atoms with E-state index in [0.717, 1.165) is 5.56 Å². The van der Waals surface area contributed by atoms with Gasteiger partial charge in [-0.1, -0.05) is 60.7 Å². The van der Waals surface area contributed by atoms with Crippen LogP contribution < -0.4 is 5.32 Å². The van der Waals surface area contributed by atoms with E-state index in [1.165, 1.54) is 16.7 Å². The molecule has 3 rings (SSSR count). The first-order valence-corrected chi connectivity index (χ1v) is 10.7. The summed E-state index contributed by atoms with van der Waals surface area (Å²) in [7, 11) is 0. The molecule has 1 amide bonds. The van der Waals surface area contributed by atoms with Gasteiger partial charge in [-0.25, -0.2) is 0 Å². The van der Waals surface area contributed by atoms with Gasteiger partial charge < -0.3 is 20.4 Å². The number of carbonyl (C=O) groups is 3. The van der Waals surface area contributed by atoms with Gasteiger partial charge in [0, 0.05) is 5.75 Å². The second-order valence-electron chi connectivity index (χ2n) is 7.05. The molecule has 3 atom stereocenters. The third kappa shape index (κ3) is 5.40. The lowest BCUT2D eigenvalue weighted by molar-refractivity contribution is -0.146. The molecule has 2 aromatic rings. The number of aliphatic carboxylic acids is 2. The van der Waals surface area contributed by atoms with Crippen molar-refractivity contribution in [3.05, 3.63) is 71.8 Å². The molecule has 1 aliphatic rings. The van der Waals surface area contributed by atoms with E-state index in [9.17, 15) is 24.6 Å². The van der Waals surface area contributed by atoms with Crippen molar-refractivity contribution in [2.75, 3.05) is 18.8 Å². The molecule has 2 aromatic carbocycles. The van der Waals surface area contributed by atoms with Crippen LogP contribution in [0.2, 0.25) is 0 Å². The summed E-state index contributed by atoms with van der Waals surface area (Å²) < 4.78 is 0. The van der Waals surface area contributed by atoms with Gasteiger partial charge in [-0.05, 0) is 24.1 Å². The lowest BCUT2D eigenvalue weighted by atomic mass is 9.96. The number of rotatable bonds is 9. The van der Waals surface area contributed by atoms with Gasteiger partial charge in [0.1, 0.15) is 11.9 Å². The fourth-order valence-electron chi connectivity index (χ4n) is 3.53. The van der Waals surface area contributed by atoms with Gasteiger partial charge in [-0.15, -0.1) is 11.8 Å². The largest absolute Gasteiger partial charge is 0.481 e. The monoisotopic (exact) mass is 428 g/mol. The Morgan fingerprint density at radius 2 is 1.70 bits per heavy atom. The zero-order valence-corrected chi connectivity index (χ0v) is 17.1. The first-order chi connectivity index (χ1) is 14.5. The topological polar surface area (TPSA) is 107 Å². The average Bonchev–Trinajstić information content (AvgIpc) is 2.74. The summed E-state index contributed by atoms with van der Waals surface area (Å²) in [5, 5.41) is 21.6. The van der Waals surface area contributed by atoms with Crippen LogP contribution in [-0.2, 0) is 14.4 Å². The molecule has 1 fully saturated rings. The highest BCUT2D eigenvalue weighted by atomic mass is 32.2. The van der Waals surface area contributed by atoms with Gasteiger partial charge in [0.2, 0.25) is 5.91 Å². The van der Waals surface area contributed by atoms with E-state index in [1.54, 1.807) is 24.3 Å². The Morgan fingerprint density at radius 1 is 1.07 bits per heavy atom. The molecular weight excluding hydrogens is 404 g/mol. The van der Waals surface area contributed by atoms with Crippen molar-refractivity contribution in [3.63, 3.8) is 0 Å². The number of nitrogens with one attached hydrogen (secondary N) is 1. The van der Waals surface area contributed by atoms with Crippen LogP contribution in [0.1, 0.15) is 28.8 Å². The van der Waals surface area contributed by atoms with E-state index < -0.39 is 23.9 Å². The Morgan fingerprint density at radius 3 is 2.30 bits per heavy atom. The zero-order valence-electron chi connectivity index (χ0n) is 16.3. The number of amides is 1. The molecular formula is C22H24N2O5S. The van der Waals surface area contributed by atoms with Gasteiger partial charge in [0.25, 0.3) is 0 Å². The number of hydrogen-bond acceptors (Lipinski definition) is 5. The maximum Gasteiger partial charge on any atom is 0.323 e. The predicted octanol–water partition coefficient (Wildman–Crippen LogP) is 2.56. The molecule has 0 saturated carbocycles. The van der Waals surface area contributed by atoms with Crippen LogP contribution in [-0.4, -0.2) is 57.8 Å². The molecule has 1 heterocycles. The van der Waals surface area contributed by atoms with E-state index in [-0.39, 0.29) is 17.8 Å². The SMILES string of the molecule is O=C(O)CN1C(=O)[C@@H](NCCC(C(=O)O)c2ccccc2)CSC1c1ccccc1. The number of carboxylic acid groups (broad SMARTS) is 2. The molecule has 0 aromatic heterocycles. The third-order valence-corrected chi connectivity index (χ3v) is 6.37. The minimum absolute atomic E-state index is 0.281. The highest BCUT2D eigenvalue weighted by Gasteiger charge is 2.37. The normalized spacial score (nSPS) is 20.0. The van der Waals surface area contributed by atoms with Crippen molar-refractivity contribution in [2.45, 2.75) is 23.8 Å². The molecule has 0 spiro atoms. The number of nitrogens with zero attached hydrogens (tertiary/aromatic N) is 1. The fraction of sp³-hybridized carbons (Fsp3) is 0.318. The van der Waals surface area contributed by atoms with Gasteiger partial charge in [0.05, 0.1) is 12.0 Å². The van der Waals surface area contributed by atoms with Gasteiger partial charge >= 0.3 is 11.9 Å². The molecule has 2 unspecified atom stereocenters. The Bertz CT molecular complexity index is 878. The Kier molecular flexibility index (Phi) is 7.48. The Labute approximate surface area is 179 Å². The summed E-state index contributed by atoms with van der Waals surface area (Å²) in [6.07, 6.45) is 0.328. The molecule has 1 saturated heterocycles. The van der Waals surface area contributed by atoms with Gasteiger partial charge in [0.15, 0.2) is 0 Å². The minimum Gasteiger partial charge on any atom is -0.481 e. The predicted molar refractivity (Wildman–Crippen MR) is 114 cm³/mol. The lowest BCUT2D eigenvalue weighted by Gasteiger charge is -2.38. The molecule has 0 radical (unpaired) electrons. The van der Waals surface area contributed by atoms with Crippen molar-refractivity contribution in [2.24, 2.45) is 0 Å². The van der Waals surface area contributed by atoms with Crippen LogP contribution in [0.4, 0.5) is 0 Å². The highest BCUT2D eigenvalue weighted by Crippen LogP contribution is 2.37. The van der Waals surface area contributed by atoms with Gasteiger partial charge in [-0.3, -0.25) is 14.4 Å². The third-order valence-electron chi connectivity index (χ3n) is 5.00. The van der Waals surface area contributed by atoms with Crippen LogP contribution in [0, 0.1) is 0 Å². The number of carbonyl (C=O) groups excluding carboxylic acids is 1. The summed E-state index contributed by atoms with van der Waals surface area (Å²) in [5.74, 6) is -2.45. The lowest BCUT2D eigenvalue weighted by Crippen LogP contribution is -2.53. The molecule has 30 heavy (non-hydrogen) atoms. The molecule has 8 heteroatoms. The van der Waals surface area contributed by atoms with Crippen LogP contribution in [0.5, 0.6) is 0 Å². The van der Waals surface area contributed by atoms with Crippen LogP contribution in [0.15, 0.2) is 60.7 Å². The van der Waals surface area contributed by atoms with E-state index in [0.29, 0.717) is 24.3 Å². The molecule has 0 aliphatic carbocycles. The van der Waals surface area contributed by atoms with Crippen molar-refractivity contribution < 1.29 is 24.6 Å². The van der Waals surface area contributed by atoms with E-state index in [2.05, 4.69) is 5.32 Å². The summed E-state index contributed by atoms with van der Waals surface area (Å²) in [6, 6.07) is 17.8. The second kappa shape index (κ2) is 10.3. The van der Waals surface area contributed by atoms with Crippen molar-refractivity contribution in [3.8, 4) is 0 Å². The van der Waals surface area contributed by atoms with Crippen LogP contribution in [0.3, 0.4) is 0 Å². The van der Waals surface area contributed by atoms with E-state index in [1.807, 2.05) is 36.4 Å². The molecule has 0 bridgehead atoms. The fourth-order valence-corrected chi connectivity index (χ4v) is 4.87. The molecule has 7 nitrogen and oxygen atoms in total. The Hall–Kier alpha value is -2.84. The van der Waals surface area contributed by atoms with Crippen molar-refractivity contribution in [1.82, 2.24) is 10.2 Å². The molecule has 3 N–H and O–H groups in total. The summed E-state index contributed by atoms with van der Waals surface area (Å²) in [4.78, 5) is 37.4. The molecule has 1 aliphatic heterocycles. The first-order valence-electron chi connectivity index (χ1n) is 9.67. The first kappa shape index (κ1) is 21.9. The maximum atomic E-state index is 13.0. The van der Waals surface area contributed by atoms with Crippen LogP contribution in [0.25, 0.3) is 0 Å². The highest BCUT2D eigenvalue weighted by molar-refractivity contribution is 7.99. The maximum absolute atomic E-state index is 13.0. The van der Waals surface area contributed by atoms with E-state index in [4.69, 9.17) is 0 Å². The van der Waals surface area contributed by atoms with Crippen molar-refractivity contribution >= 4 is 29.6 Å². The smallest absolute Gasteiger partial charge is 0.323 e. The summed E-state index contributed by atoms with van der Waals surface area (Å²) >= 11 is 1.50. The summed E-state index contributed by atoms with van der Waals surface area (Å²) in [6.45, 7) is -0.0505. The second-order valence-corrected chi connectivity index (χ2v) is 8.17. The number of hydrogen-bond donors (Lipinski definition) is 3.